The van der Waals surface area contributed by atoms with Crippen molar-refractivity contribution in [3.8, 4) is 0 Å². The molecule has 0 saturated heterocycles. The summed E-state index contributed by atoms with van der Waals surface area (Å²) in [5, 5.41) is 0. The Hall–Kier alpha value is 0. The SMILES string of the molecule is [CH2]CCCCCC[CH]CCCCCCCC. The summed E-state index contributed by atoms with van der Waals surface area (Å²) in [6.07, 6.45) is 20.4. The molecule has 16 heavy (non-hydrogen) atoms. The van der Waals surface area contributed by atoms with Crippen LogP contribution in [-0.2, 0) is 0 Å². The third-order valence-electron chi connectivity index (χ3n) is 3.17. The van der Waals surface area contributed by atoms with E-state index in [-0.39, 0.29) is 0 Å². The molecule has 0 rings (SSSR count). The van der Waals surface area contributed by atoms with Crippen LogP contribution >= 0.6 is 0 Å². The predicted molar refractivity (Wildman–Crippen MR) is 75.4 cm³/mol. The zero-order chi connectivity index (χ0) is 11.9. The topological polar surface area (TPSA) is 0 Å². The van der Waals surface area contributed by atoms with Gasteiger partial charge in [-0.25, -0.2) is 0 Å². The highest BCUT2D eigenvalue weighted by Crippen LogP contribution is 2.11. The summed E-state index contributed by atoms with van der Waals surface area (Å²) < 4.78 is 0. The second-order valence-electron chi connectivity index (χ2n) is 4.90. The Morgan fingerprint density at radius 2 is 1.19 bits per heavy atom. The van der Waals surface area contributed by atoms with Crippen molar-refractivity contribution in [2.75, 3.05) is 0 Å². The van der Waals surface area contributed by atoms with Crippen LogP contribution in [0.3, 0.4) is 0 Å². The van der Waals surface area contributed by atoms with Gasteiger partial charge in [-0.2, -0.15) is 0 Å². The molecule has 0 nitrogen and oxygen atoms in total. The average Bonchev–Trinajstić information content (AvgIpc) is 2.31. The van der Waals surface area contributed by atoms with Crippen LogP contribution in [0.15, 0.2) is 0 Å². The smallest absolute Gasteiger partial charge is 0.0386 e. The molecular formula is C16H32. The van der Waals surface area contributed by atoms with E-state index >= 15 is 0 Å². The molecular weight excluding hydrogens is 192 g/mol. The van der Waals surface area contributed by atoms with Crippen molar-refractivity contribution in [2.24, 2.45) is 0 Å². The van der Waals surface area contributed by atoms with Gasteiger partial charge in [0.05, 0.1) is 0 Å². The molecule has 0 bridgehead atoms. The molecule has 0 aromatic rings. The minimum Gasteiger partial charge on any atom is -0.0654 e. The number of hydrogen-bond donors (Lipinski definition) is 0. The molecule has 0 saturated carbocycles. The summed E-state index contributed by atoms with van der Waals surface area (Å²) >= 11 is 0. The summed E-state index contributed by atoms with van der Waals surface area (Å²) in [5.74, 6) is 0. The molecule has 0 unspecified atom stereocenters. The van der Waals surface area contributed by atoms with E-state index in [1.807, 2.05) is 0 Å². The molecule has 0 aromatic carbocycles. The lowest BCUT2D eigenvalue weighted by molar-refractivity contribution is 0.589. The average molecular weight is 224 g/mol. The van der Waals surface area contributed by atoms with Gasteiger partial charge in [0.1, 0.15) is 0 Å². The molecule has 0 aromatic heterocycles. The van der Waals surface area contributed by atoms with Gasteiger partial charge in [-0.05, 0) is 6.42 Å². The molecule has 0 amide bonds. The van der Waals surface area contributed by atoms with E-state index in [0.29, 0.717) is 0 Å². The van der Waals surface area contributed by atoms with Gasteiger partial charge in [0.25, 0.3) is 0 Å². The van der Waals surface area contributed by atoms with Crippen LogP contribution in [-0.4, -0.2) is 0 Å². The minimum atomic E-state index is 1.11. The first-order valence-corrected chi connectivity index (χ1v) is 7.52. The highest BCUT2D eigenvalue weighted by atomic mass is 14.0. The second-order valence-corrected chi connectivity index (χ2v) is 4.90. The molecule has 0 aliphatic carbocycles. The molecule has 96 valence electrons. The fraction of sp³-hybridized carbons (Fsp3) is 0.875. The molecule has 0 atom stereocenters. The van der Waals surface area contributed by atoms with Crippen molar-refractivity contribution in [1.82, 2.24) is 0 Å². The summed E-state index contributed by atoms with van der Waals surface area (Å²) in [5.41, 5.74) is 0. The van der Waals surface area contributed by atoms with Crippen LogP contribution in [0.5, 0.6) is 0 Å². The highest BCUT2D eigenvalue weighted by Gasteiger charge is 1.93. The van der Waals surface area contributed by atoms with Crippen LogP contribution < -0.4 is 0 Å². The van der Waals surface area contributed by atoms with Gasteiger partial charge < -0.3 is 0 Å². The first-order valence-electron chi connectivity index (χ1n) is 7.52. The van der Waals surface area contributed by atoms with Crippen molar-refractivity contribution in [2.45, 2.75) is 90.4 Å². The summed E-state index contributed by atoms with van der Waals surface area (Å²) in [6, 6.07) is 0. The Morgan fingerprint density at radius 3 is 1.75 bits per heavy atom. The molecule has 0 heteroatoms. The molecule has 0 N–H and O–H groups in total. The van der Waals surface area contributed by atoms with Gasteiger partial charge in [0, 0.05) is 0 Å². The molecule has 0 fully saturated rings. The van der Waals surface area contributed by atoms with Crippen molar-refractivity contribution in [1.29, 1.82) is 0 Å². The minimum absolute atomic E-state index is 1.11. The van der Waals surface area contributed by atoms with Crippen molar-refractivity contribution in [3.05, 3.63) is 13.3 Å². The maximum atomic E-state index is 3.87. The third kappa shape index (κ3) is 14.0. The fourth-order valence-corrected chi connectivity index (χ4v) is 2.03. The highest BCUT2D eigenvalue weighted by molar-refractivity contribution is 4.64. The van der Waals surface area contributed by atoms with Crippen LogP contribution in [0.25, 0.3) is 0 Å². The maximum absolute atomic E-state index is 3.87. The van der Waals surface area contributed by atoms with Crippen LogP contribution in [0, 0.1) is 13.3 Å². The van der Waals surface area contributed by atoms with E-state index in [0.717, 1.165) is 6.42 Å². The third-order valence-corrected chi connectivity index (χ3v) is 3.17. The number of rotatable bonds is 13. The van der Waals surface area contributed by atoms with Gasteiger partial charge in [0.2, 0.25) is 0 Å². The number of unbranched alkanes of at least 4 members (excludes halogenated alkanes) is 13. The van der Waals surface area contributed by atoms with Crippen LogP contribution in [0.2, 0.25) is 0 Å². The summed E-state index contributed by atoms with van der Waals surface area (Å²) in [6.45, 7) is 6.15. The Bertz CT molecular complexity index is 92.6. The first-order chi connectivity index (χ1) is 7.91. The van der Waals surface area contributed by atoms with Crippen LogP contribution in [0.1, 0.15) is 90.4 Å². The van der Waals surface area contributed by atoms with E-state index in [9.17, 15) is 0 Å². The maximum Gasteiger partial charge on any atom is -0.0386 e. The quantitative estimate of drug-likeness (QED) is 0.331. The monoisotopic (exact) mass is 224 g/mol. The Kier molecular flexibility index (Phi) is 15.0. The Labute approximate surface area is 104 Å². The van der Waals surface area contributed by atoms with E-state index in [2.05, 4.69) is 20.3 Å². The molecule has 0 heterocycles. The van der Waals surface area contributed by atoms with E-state index in [1.54, 1.807) is 0 Å². The molecule has 0 spiro atoms. The van der Waals surface area contributed by atoms with E-state index in [4.69, 9.17) is 0 Å². The Balaban J connectivity index is 2.83. The molecule has 0 aliphatic rings. The normalized spacial score (nSPS) is 10.9. The van der Waals surface area contributed by atoms with Crippen molar-refractivity contribution < 1.29 is 0 Å². The lowest BCUT2D eigenvalue weighted by Gasteiger charge is -2.02. The van der Waals surface area contributed by atoms with Crippen LogP contribution in [0.4, 0.5) is 0 Å². The van der Waals surface area contributed by atoms with Gasteiger partial charge in [-0.1, -0.05) is 97.3 Å². The lowest BCUT2D eigenvalue weighted by Crippen LogP contribution is -1.83. The second kappa shape index (κ2) is 15.0. The van der Waals surface area contributed by atoms with Crippen molar-refractivity contribution in [3.63, 3.8) is 0 Å². The van der Waals surface area contributed by atoms with Gasteiger partial charge in [0.15, 0.2) is 0 Å². The zero-order valence-corrected chi connectivity index (χ0v) is 11.5. The van der Waals surface area contributed by atoms with E-state index < -0.39 is 0 Å². The van der Waals surface area contributed by atoms with Crippen molar-refractivity contribution >= 4 is 0 Å². The standard InChI is InChI=1S/C16H32/c1-3-5-7-9-11-13-15-16-14-12-10-8-6-4-2/h15H,1,3-14,16H2,2H3. The predicted octanol–water partition coefficient (Wildman–Crippen LogP) is 6.12. The zero-order valence-electron chi connectivity index (χ0n) is 11.5. The fourth-order valence-electron chi connectivity index (χ4n) is 2.03. The van der Waals surface area contributed by atoms with Gasteiger partial charge in [-0.15, -0.1) is 0 Å². The lowest BCUT2D eigenvalue weighted by atomic mass is 10.0. The molecule has 2 radical (unpaired) electrons. The van der Waals surface area contributed by atoms with Gasteiger partial charge >= 0.3 is 0 Å². The summed E-state index contributed by atoms with van der Waals surface area (Å²) in [7, 11) is 0. The first kappa shape index (κ1) is 16.0. The van der Waals surface area contributed by atoms with E-state index in [1.165, 1.54) is 77.0 Å². The largest absolute Gasteiger partial charge is 0.0654 e. The Morgan fingerprint density at radius 1 is 0.688 bits per heavy atom. The van der Waals surface area contributed by atoms with Gasteiger partial charge in [-0.3, -0.25) is 0 Å². The number of hydrogen-bond acceptors (Lipinski definition) is 0. The summed E-state index contributed by atoms with van der Waals surface area (Å²) in [4.78, 5) is 0. The molecule has 0 aliphatic heterocycles.